The fourth-order valence-electron chi connectivity index (χ4n) is 1.18. The zero-order valence-corrected chi connectivity index (χ0v) is 9.20. The molecule has 0 saturated carbocycles. The third-order valence-corrected chi connectivity index (χ3v) is 2.12. The number of carbonyl (C=O) groups is 1. The van der Waals surface area contributed by atoms with Crippen LogP contribution >= 0.6 is 24.0 Å². The molecule has 0 fully saturated rings. The Kier molecular flexibility index (Phi) is 3.88. The minimum Gasteiger partial charge on any atom is -0.306 e. The normalized spacial score (nSPS) is 9.40. The first kappa shape index (κ1) is 11.8. The molecule has 0 saturated heterocycles. The predicted molar refractivity (Wildman–Crippen MR) is 61.0 cm³/mol. The Bertz CT molecular complexity index is 437. The van der Waals surface area contributed by atoms with Crippen LogP contribution in [0.2, 0.25) is 0 Å². The number of hydrogen-bond donors (Lipinski definition) is 0. The van der Waals surface area contributed by atoms with Gasteiger partial charge in [0, 0.05) is 23.6 Å². The van der Waals surface area contributed by atoms with Crippen molar-refractivity contribution in [2.45, 2.75) is 0 Å². The first-order valence-corrected chi connectivity index (χ1v) is 4.43. The van der Waals surface area contributed by atoms with Gasteiger partial charge in [0.25, 0.3) is 5.24 Å². The van der Waals surface area contributed by atoms with Crippen LogP contribution in [0.25, 0.3) is 5.69 Å². The van der Waals surface area contributed by atoms with Crippen LogP contribution in [0.1, 0.15) is 10.4 Å². The van der Waals surface area contributed by atoms with Gasteiger partial charge in [-0.1, -0.05) is 0 Å². The van der Waals surface area contributed by atoms with Crippen LogP contribution in [-0.2, 0) is 0 Å². The summed E-state index contributed by atoms with van der Waals surface area (Å²) in [7, 11) is 0. The van der Waals surface area contributed by atoms with Gasteiger partial charge < -0.3 is 4.57 Å². The summed E-state index contributed by atoms with van der Waals surface area (Å²) in [6.45, 7) is 0. The van der Waals surface area contributed by atoms with Crippen molar-refractivity contribution >= 4 is 29.3 Å². The van der Waals surface area contributed by atoms with Gasteiger partial charge in [-0.05, 0) is 35.9 Å². The van der Waals surface area contributed by atoms with Crippen molar-refractivity contribution in [3.63, 3.8) is 0 Å². The molecule has 2 aromatic rings. The highest BCUT2D eigenvalue weighted by Crippen LogP contribution is 2.10. The van der Waals surface area contributed by atoms with Crippen molar-refractivity contribution < 1.29 is 4.79 Å². The zero-order chi connectivity index (χ0) is 9.97. The highest BCUT2D eigenvalue weighted by atomic mass is 35.5. The second-order valence-corrected chi connectivity index (χ2v) is 3.13. The highest BCUT2D eigenvalue weighted by Gasteiger charge is 2.01. The first-order chi connectivity index (χ1) is 6.77. The molecule has 0 unspecified atom stereocenters. The van der Waals surface area contributed by atoms with Crippen molar-refractivity contribution in [1.29, 1.82) is 0 Å². The molecule has 1 heterocycles. The third-order valence-electron chi connectivity index (χ3n) is 1.90. The average Bonchev–Trinajstić information content (AvgIpc) is 2.71. The van der Waals surface area contributed by atoms with Gasteiger partial charge >= 0.3 is 0 Å². The summed E-state index contributed by atoms with van der Waals surface area (Å²) in [5.74, 6) is 0. The summed E-state index contributed by atoms with van der Waals surface area (Å²) in [6.07, 6.45) is 5.22. The van der Waals surface area contributed by atoms with Gasteiger partial charge in [-0.25, -0.2) is 4.98 Å². The monoisotopic (exact) mass is 242 g/mol. The van der Waals surface area contributed by atoms with E-state index < -0.39 is 5.24 Å². The minimum atomic E-state index is -0.442. The van der Waals surface area contributed by atoms with E-state index in [4.69, 9.17) is 11.6 Å². The molecule has 0 spiro atoms. The van der Waals surface area contributed by atoms with E-state index in [2.05, 4.69) is 4.98 Å². The van der Waals surface area contributed by atoms with Crippen molar-refractivity contribution in [3.05, 3.63) is 48.5 Å². The molecule has 0 radical (unpaired) electrons. The maximum Gasteiger partial charge on any atom is 0.252 e. The lowest BCUT2D eigenvalue weighted by Gasteiger charge is -2.01. The van der Waals surface area contributed by atoms with Crippen LogP contribution < -0.4 is 0 Å². The van der Waals surface area contributed by atoms with E-state index in [1.165, 1.54) is 0 Å². The molecule has 0 bridgehead atoms. The number of aromatic nitrogens is 2. The minimum absolute atomic E-state index is 0. The smallest absolute Gasteiger partial charge is 0.252 e. The van der Waals surface area contributed by atoms with Gasteiger partial charge in [-0.15, -0.1) is 12.4 Å². The van der Waals surface area contributed by atoms with E-state index in [9.17, 15) is 4.79 Å². The molecule has 15 heavy (non-hydrogen) atoms. The first-order valence-electron chi connectivity index (χ1n) is 4.05. The highest BCUT2D eigenvalue weighted by molar-refractivity contribution is 6.67. The number of imidazole rings is 1. The Balaban J connectivity index is 0.00000112. The fraction of sp³-hybridized carbons (Fsp3) is 0. The number of hydrogen-bond acceptors (Lipinski definition) is 2. The van der Waals surface area contributed by atoms with Crippen molar-refractivity contribution in [2.75, 3.05) is 0 Å². The van der Waals surface area contributed by atoms with Gasteiger partial charge in [0.15, 0.2) is 0 Å². The van der Waals surface area contributed by atoms with Crippen LogP contribution in [0.5, 0.6) is 0 Å². The molecule has 2 rings (SSSR count). The van der Waals surface area contributed by atoms with Crippen molar-refractivity contribution in [1.82, 2.24) is 9.55 Å². The number of rotatable bonds is 2. The summed E-state index contributed by atoms with van der Waals surface area (Å²) >= 11 is 5.32. The van der Waals surface area contributed by atoms with E-state index >= 15 is 0 Å². The molecule has 0 aliphatic rings. The molecule has 1 aromatic heterocycles. The average molecular weight is 243 g/mol. The summed E-state index contributed by atoms with van der Waals surface area (Å²) in [5.41, 5.74) is 1.44. The standard InChI is InChI=1S/C10H7ClN2O.ClH/c11-10(14)8-1-3-9(4-2-8)13-6-5-12-7-13;/h1-7H;1H. The topological polar surface area (TPSA) is 34.9 Å². The van der Waals surface area contributed by atoms with E-state index in [0.29, 0.717) is 5.56 Å². The van der Waals surface area contributed by atoms with Crippen LogP contribution in [0.15, 0.2) is 43.0 Å². The maximum atomic E-state index is 10.8. The number of benzene rings is 1. The van der Waals surface area contributed by atoms with E-state index in [1.54, 1.807) is 24.7 Å². The summed E-state index contributed by atoms with van der Waals surface area (Å²) < 4.78 is 1.85. The van der Waals surface area contributed by atoms with Crippen LogP contribution in [0.3, 0.4) is 0 Å². The molecule has 0 aliphatic heterocycles. The fourth-order valence-corrected chi connectivity index (χ4v) is 1.30. The molecule has 1 aromatic carbocycles. The summed E-state index contributed by atoms with van der Waals surface area (Å²) in [4.78, 5) is 14.7. The van der Waals surface area contributed by atoms with Gasteiger partial charge in [-0.3, -0.25) is 4.79 Å². The Labute approximate surface area is 98.1 Å². The Morgan fingerprint density at radius 2 is 1.93 bits per heavy atom. The van der Waals surface area contributed by atoms with E-state index in [-0.39, 0.29) is 12.4 Å². The quantitative estimate of drug-likeness (QED) is 0.760. The van der Waals surface area contributed by atoms with Gasteiger partial charge in [0.1, 0.15) is 0 Å². The lowest BCUT2D eigenvalue weighted by Crippen LogP contribution is -1.92. The lowest BCUT2D eigenvalue weighted by molar-refractivity contribution is 0.108. The molecular formula is C10H8Cl2N2O. The summed E-state index contributed by atoms with van der Waals surface area (Å²) in [6, 6.07) is 7.00. The predicted octanol–water partition coefficient (Wildman–Crippen LogP) is 2.67. The van der Waals surface area contributed by atoms with E-state index in [0.717, 1.165) is 5.69 Å². The van der Waals surface area contributed by atoms with Crippen LogP contribution in [0, 0.1) is 0 Å². The SMILES string of the molecule is Cl.O=C(Cl)c1ccc(-n2ccnc2)cc1. The van der Waals surface area contributed by atoms with Crippen molar-refractivity contribution in [2.24, 2.45) is 0 Å². The summed E-state index contributed by atoms with van der Waals surface area (Å²) in [5, 5.41) is -0.442. The number of nitrogens with zero attached hydrogens (tertiary/aromatic N) is 2. The number of halogens is 2. The van der Waals surface area contributed by atoms with E-state index in [1.807, 2.05) is 22.9 Å². The molecule has 5 heteroatoms. The third kappa shape index (κ3) is 2.58. The van der Waals surface area contributed by atoms with Gasteiger partial charge in [0.05, 0.1) is 6.33 Å². The maximum absolute atomic E-state index is 10.8. The Morgan fingerprint density at radius 1 is 1.27 bits per heavy atom. The van der Waals surface area contributed by atoms with Crippen LogP contribution in [-0.4, -0.2) is 14.8 Å². The lowest BCUT2D eigenvalue weighted by atomic mass is 10.2. The largest absolute Gasteiger partial charge is 0.306 e. The zero-order valence-electron chi connectivity index (χ0n) is 7.63. The van der Waals surface area contributed by atoms with Gasteiger partial charge in [-0.2, -0.15) is 0 Å². The molecule has 3 nitrogen and oxygen atoms in total. The van der Waals surface area contributed by atoms with Gasteiger partial charge in [0.2, 0.25) is 0 Å². The second-order valence-electron chi connectivity index (χ2n) is 2.79. The second kappa shape index (κ2) is 4.96. The Hall–Kier alpha value is -1.32. The Morgan fingerprint density at radius 3 is 2.40 bits per heavy atom. The molecule has 0 atom stereocenters. The molecular weight excluding hydrogens is 235 g/mol. The molecule has 0 amide bonds. The molecule has 78 valence electrons. The van der Waals surface area contributed by atoms with Crippen LogP contribution in [0.4, 0.5) is 0 Å². The molecule has 0 N–H and O–H groups in total. The molecule has 0 aliphatic carbocycles. The van der Waals surface area contributed by atoms with Crippen molar-refractivity contribution in [3.8, 4) is 5.69 Å². The number of carbonyl (C=O) groups excluding carboxylic acids is 1.